The number of piperidine rings is 2. The molecule has 2 amide bonds. The van der Waals surface area contributed by atoms with Crippen molar-refractivity contribution in [1.82, 2.24) is 29.6 Å². The quantitative estimate of drug-likeness (QED) is 0.205. The van der Waals surface area contributed by atoms with Crippen LogP contribution in [0.2, 0.25) is 0 Å². The number of aromatic nitrogens is 2. The van der Waals surface area contributed by atoms with Gasteiger partial charge in [-0.2, -0.15) is 0 Å². The smallest absolute Gasteiger partial charge is 0.407 e. The number of rotatable bonds is 14. The first-order chi connectivity index (χ1) is 28.8. The highest BCUT2D eigenvalue weighted by Crippen LogP contribution is 2.52. The number of carbonyl (C=O) groups excluding carboxylic acids is 2. The minimum Gasteiger partial charge on any atom is -0.453 e. The molecule has 60 heavy (non-hydrogen) atoms. The van der Waals surface area contributed by atoms with E-state index in [1.165, 1.54) is 30.2 Å². The van der Waals surface area contributed by atoms with E-state index in [0.717, 1.165) is 69.7 Å². The molecule has 1 aliphatic carbocycles. The monoisotopic (exact) mass is 849 g/mol. The van der Waals surface area contributed by atoms with Crippen molar-refractivity contribution in [3.8, 4) is 0 Å². The summed E-state index contributed by atoms with van der Waals surface area (Å²) in [6.07, 6.45) is 12.3. The molecule has 0 unspecified atom stereocenters. The Morgan fingerprint density at radius 2 is 1.77 bits per heavy atom. The summed E-state index contributed by atoms with van der Waals surface area (Å²) in [6, 6.07) is 11.3. The number of likely N-dealkylation sites (tertiary alicyclic amines) is 2. The Labute approximate surface area is 353 Å². The molecule has 4 fully saturated rings. The summed E-state index contributed by atoms with van der Waals surface area (Å²) < 4.78 is 65.4. The van der Waals surface area contributed by atoms with Gasteiger partial charge in [0.2, 0.25) is 5.91 Å². The van der Waals surface area contributed by atoms with Crippen LogP contribution in [0.3, 0.4) is 0 Å². The predicted molar refractivity (Wildman–Crippen MR) is 227 cm³/mol. The highest BCUT2D eigenvalue weighted by Gasteiger charge is 2.52. The third-order valence-electron chi connectivity index (χ3n) is 13.7. The van der Waals surface area contributed by atoms with Gasteiger partial charge in [-0.3, -0.25) is 9.69 Å². The predicted octanol–water partition coefficient (Wildman–Crippen LogP) is 5.66. The van der Waals surface area contributed by atoms with Crippen molar-refractivity contribution in [2.45, 2.75) is 80.0 Å². The molecule has 4 heterocycles. The summed E-state index contributed by atoms with van der Waals surface area (Å²) in [5.41, 5.74) is 0.898. The van der Waals surface area contributed by atoms with Crippen molar-refractivity contribution in [3.05, 3.63) is 90.0 Å². The van der Waals surface area contributed by atoms with E-state index in [9.17, 15) is 18.0 Å². The molecule has 15 heteroatoms. The molecule has 2 aromatic carbocycles. The van der Waals surface area contributed by atoms with Gasteiger partial charge in [-0.1, -0.05) is 24.6 Å². The maximum atomic E-state index is 15.7. The van der Waals surface area contributed by atoms with Gasteiger partial charge in [0.15, 0.2) is 9.84 Å². The lowest BCUT2D eigenvalue weighted by Crippen LogP contribution is -2.56. The normalized spacial score (nSPS) is 23.4. The van der Waals surface area contributed by atoms with Crippen LogP contribution in [0.5, 0.6) is 0 Å². The summed E-state index contributed by atoms with van der Waals surface area (Å²) in [5, 5.41) is 2.51. The Kier molecular flexibility index (Phi) is 13.7. The average Bonchev–Trinajstić information content (AvgIpc) is 3.86. The highest BCUT2D eigenvalue weighted by molar-refractivity contribution is 7.92. The van der Waals surface area contributed by atoms with E-state index in [2.05, 4.69) is 25.8 Å². The zero-order valence-corrected chi connectivity index (χ0v) is 36.3. The number of benzene rings is 2. The fourth-order valence-electron chi connectivity index (χ4n) is 10.6. The topological polar surface area (TPSA) is 120 Å². The summed E-state index contributed by atoms with van der Waals surface area (Å²) >= 11 is 0. The van der Waals surface area contributed by atoms with Crippen LogP contribution in [0.1, 0.15) is 56.3 Å². The second-order valence-electron chi connectivity index (χ2n) is 17.6. The minimum atomic E-state index is -3.75. The summed E-state index contributed by atoms with van der Waals surface area (Å²) in [6.45, 7) is 8.14. The Hall–Kier alpha value is -4.34. The van der Waals surface area contributed by atoms with Gasteiger partial charge in [-0.05, 0) is 113 Å². The van der Waals surface area contributed by atoms with E-state index in [0.29, 0.717) is 57.2 Å². The maximum absolute atomic E-state index is 15.7. The van der Waals surface area contributed by atoms with Crippen LogP contribution >= 0.6 is 0 Å². The Morgan fingerprint density at radius 1 is 0.983 bits per heavy atom. The van der Waals surface area contributed by atoms with E-state index in [-0.39, 0.29) is 34.5 Å². The largest absolute Gasteiger partial charge is 0.453 e. The number of sulfone groups is 1. The lowest BCUT2D eigenvalue weighted by atomic mass is 9.58. The van der Waals surface area contributed by atoms with Crippen LogP contribution in [0.4, 0.5) is 19.3 Å². The highest BCUT2D eigenvalue weighted by atomic mass is 32.2. The maximum Gasteiger partial charge on any atom is 0.407 e. The molecular formula is C45H61F2N7O5S. The number of methoxy groups -OCH3 is 1. The van der Waals surface area contributed by atoms with Gasteiger partial charge in [-0.25, -0.2) is 27.0 Å². The number of hydrogen-bond acceptors (Lipinski definition) is 9. The molecule has 7 rings (SSSR count). The number of hydrogen-bond donors (Lipinski definition) is 1. The lowest BCUT2D eigenvalue weighted by molar-refractivity contribution is -0.123. The summed E-state index contributed by atoms with van der Waals surface area (Å²) in [7, 11) is 0.994. The van der Waals surface area contributed by atoms with E-state index < -0.39 is 32.4 Å². The molecule has 1 saturated carbocycles. The molecule has 1 N–H and O–H groups in total. The SMILES string of the molecule is COC(=O)N[C@H]1CCC[C@@H]1[C@](Cn1ccnc1C)(c1cccc(F)c1)C1CCN(CC2CN(c3ccc(S(=O)(=O)[C@H]4CCCN(C/C=C/C(=O)N(C)C)C4)cc3F)C2)CC1. The molecule has 4 aliphatic rings. The Morgan fingerprint density at radius 3 is 2.45 bits per heavy atom. The number of aryl methyl sites for hydroxylation is 1. The zero-order valence-electron chi connectivity index (χ0n) is 35.4. The van der Waals surface area contributed by atoms with Gasteiger partial charge < -0.3 is 29.3 Å². The number of carbonyl (C=O) groups is 2. The number of nitrogens with zero attached hydrogens (tertiary/aromatic N) is 6. The number of alkyl carbamates (subject to hydrolysis) is 1. The van der Waals surface area contributed by atoms with E-state index in [4.69, 9.17) is 4.74 Å². The third kappa shape index (κ3) is 9.42. The molecule has 3 saturated heterocycles. The van der Waals surface area contributed by atoms with Crippen molar-refractivity contribution in [3.63, 3.8) is 0 Å². The van der Waals surface area contributed by atoms with Crippen molar-refractivity contribution in [1.29, 1.82) is 0 Å². The number of amides is 2. The molecule has 4 atom stereocenters. The van der Waals surface area contributed by atoms with Crippen molar-refractivity contribution >= 4 is 27.5 Å². The van der Waals surface area contributed by atoms with E-state index in [1.807, 2.05) is 29.1 Å². The van der Waals surface area contributed by atoms with Gasteiger partial charge >= 0.3 is 6.09 Å². The van der Waals surface area contributed by atoms with Gasteiger partial charge in [0.1, 0.15) is 17.5 Å². The number of ether oxygens (including phenoxy) is 1. The molecule has 0 bridgehead atoms. The summed E-state index contributed by atoms with van der Waals surface area (Å²) in [4.78, 5) is 37.0. The number of likely N-dealkylation sites (N-methyl/N-ethyl adjacent to an activating group) is 1. The van der Waals surface area contributed by atoms with Gasteiger partial charge in [0.05, 0.1) is 22.9 Å². The zero-order chi connectivity index (χ0) is 42.6. The van der Waals surface area contributed by atoms with Crippen LogP contribution in [-0.4, -0.2) is 130 Å². The van der Waals surface area contributed by atoms with Crippen molar-refractivity contribution < 1.29 is 31.5 Å². The molecule has 0 radical (unpaired) electrons. The van der Waals surface area contributed by atoms with Crippen molar-refractivity contribution in [2.75, 3.05) is 78.5 Å². The molecular weight excluding hydrogens is 789 g/mol. The number of nitrogens with one attached hydrogen (secondary N) is 1. The second kappa shape index (κ2) is 18.7. The van der Waals surface area contributed by atoms with Gasteiger partial charge in [0, 0.05) is 89.2 Å². The van der Waals surface area contributed by atoms with Crippen molar-refractivity contribution in [2.24, 2.45) is 17.8 Å². The standard InChI is InChI=1S/C45H61F2N7O5S/c1-32-48-19-24-53(32)31-45(35-9-5-10-36(46)25-35,39-12-6-13-41(39)49-44(56)59-4)34-17-22-52(23-18-34)27-33-28-54(29-33)42-16-15-37(26-40(42)47)60(57,58)38-11-7-20-51(30-38)21-8-14-43(55)50(2)3/h5,8-10,14-16,19,24-26,33-34,38-39,41H,6-7,11-13,17-18,20-23,27-31H2,1-4H3,(H,49,56)/b14-8+/t38-,39-,41-,45-/m0/s1. The molecule has 1 aromatic heterocycles. The second-order valence-corrected chi connectivity index (χ2v) is 19.8. The Bertz CT molecular complexity index is 2120. The van der Waals surface area contributed by atoms with Gasteiger partial charge in [0.25, 0.3) is 0 Å². The number of halogens is 2. The molecule has 0 spiro atoms. The fraction of sp³-hybridized carbons (Fsp3) is 0.578. The molecule has 326 valence electrons. The van der Waals surface area contributed by atoms with Crippen LogP contribution in [0, 0.1) is 36.3 Å². The number of imidazole rings is 1. The molecule has 3 aromatic rings. The number of anilines is 1. The van der Waals surface area contributed by atoms with E-state index >= 15 is 8.78 Å². The first-order valence-corrected chi connectivity index (χ1v) is 23.0. The first kappa shape index (κ1) is 43.7. The Balaban J connectivity index is 0.990. The molecule has 12 nitrogen and oxygen atoms in total. The van der Waals surface area contributed by atoms with Gasteiger partial charge in [-0.15, -0.1) is 0 Å². The first-order valence-electron chi connectivity index (χ1n) is 21.5. The summed E-state index contributed by atoms with van der Waals surface area (Å²) in [5.74, 6) is 0.568. The fourth-order valence-corrected chi connectivity index (χ4v) is 12.4. The van der Waals surface area contributed by atoms with Crippen LogP contribution in [-0.2, 0) is 31.3 Å². The van der Waals surface area contributed by atoms with Crippen LogP contribution in [0.25, 0.3) is 0 Å². The average molecular weight is 850 g/mol. The van der Waals surface area contributed by atoms with Crippen LogP contribution in [0.15, 0.2) is 71.9 Å². The lowest BCUT2D eigenvalue weighted by Gasteiger charge is -2.51. The van der Waals surface area contributed by atoms with E-state index in [1.54, 1.807) is 44.4 Å². The third-order valence-corrected chi connectivity index (χ3v) is 15.9. The molecule has 3 aliphatic heterocycles. The minimum absolute atomic E-state index is 0.0105. The van der Waals surface area contributed by atoms with Crippen LogP contribution < -0.4 is 10.2 Å².